The minimum Gasteiger partial charge on any atom is -0.421 e. The first-order chi connectivity index (χ1) is 9.52. The highest BCUT2D eigenvalue weighted by Crippen LogP contribution is 2.33. The molecule has 0 fully saturated rings. The van der Waals surface area contributed by atoms with Crippen LogP contribution in [0.1, 0.15) is 18.1 Å². The predicted octanol–water partition coefficient (Wildman–Crippen LogP) is 4.67. The minimum absolute atomic E-state index is 0.0491. The fourth-order valence-electron chi connectivity index (χ4n) is 2.11. The Morgan fingerprint density at radius 2 is 1.90 bits per heavy atom. The van der Waals surface area contributed by atoms with Gasteiger partial charge in [0.1, 0.15) is 10.3 Å². The molecule has 1 heterocycles. The standard InChI is InChI=1S/C14H9Cl2FN2O/c1-7-4-8-2-3-10(13(17)9(8)5-7)20-14-18-11(15)6-12(16)19-14/h2-3,5-6H,4H2,1H3. The third-order valence-corrected chi connectivity index (χ3v) is 3.33. The summed E-state index contributed by atoms with van der Waals surface area (Å²) in [5.74, 6) is -0.382. The van der Waals surface area contributed by atoms with E-state index in [0.717, 1.165) is 17.6 Å². The van der Waals surface area contributed by atoms with Crippen molar-refractivity contribution in [2.75, 3.05) is 0 Å². The van der Waals surface area contributed by atoms with Crippen LogP contribution in [0.2, 0.25) is 10.3 Å². The quantitative estimate of drug-likeness (QED) is 0.756. The maximum absolute atomic E-state index is 14.3. The van der Waals surface area contributed by atoms with Crippen LogP contribution in [0.3, 0.4) is 0 Å². The van der Waals surface area contributed by atoms with Gasteiger partial charge < -0.3 is 4.74 Å². The third kappa shape index (κ3) is 2.49. The van der Waals surface area contributed by atoms with Crippen molar-refractivity contribution in [3.8, 4) is 11.8 Å². The molecule has 20 heavy (non-hydrogen) atoms. The fraction of sp³-hybridized carbons (Fsp3) is 0.143. The molecule has 0 atom stereocenters. The van der Waals surface area contributed by atoms with Crippen molar-refractivity contribution in [3.63, 3.8) is 0 Å². The van der Waals surface area contributed by atoms with E-state index >= 15 is 0 Å². The van der Waals surface area contributed by atoms with E-state index in [1.165, 1.54) is 6.07 Å². The molecular formula is C14H9Cl2FN2O. The Bertz CT molecular complexity index is 711. The second kappa shape index (κ2) is 5.04. The summed E-state index contributed by atoms with van der Waals surface area (Å²) in [6.45, 7) is 1.96. The van der Waals surface area contributed by atoms with Crippen molar-refractivity contribution < 1.29 is 9.13 Å². The first-order valence-electron chi connectivity index (χ1n) is 5.89. The summed E-state index contributed by atoms with van der Waals surface area (Å²) in [4.78, 5) is 7.69. The lowest BCUT2D eigenvalue weighted by molar-refractivity contribution is 0.410. The maximum atomic E-state index is 14.3. The summed E-state index contributed by atoms with van der Waals surface area (Å²) in [5, 5.41) is 0.273. The lowest BCUT2D eigenvalue weighted by Gasteiger charge is -2.08. The van der Waals surface area contributed by atoms with Gasteiger partial charge in [0.25, 0.3) is 0 Å². The van der Waals surface area contributed by atoms with Crippen molar-refractivity contribution in [1.82, 2.24) is 9.97 Å². The number of benzene rings is 1. The van der Waals surface area contributed by atoms with Gasteiger partial charge in [0.2, 0.25) is 0 Å². The van der Waals surface area contributed by atoms with Crippen LogP contribution < -0.4 is 4.74 Å². The second-order valence-electron chi connectivity index (χ2n) is 4.52. The molecule has 1 aromatic heterocycles. The molecule has 0 N–H and O–H groups in total. The highest BCUT2D eigenvalue weighted by atomic mass is 35.5. The maximum Gasteiger partial charge on any atom is 0.324 e. The Hall–Kier alpha value is -1.65. The van der Waals surface area contributed by atoms with E-state index < -0.39 is 5.82 Å². The molecule has 6 heteroatoms. The topological polar surface area (TPSA) is 35.0 Å². The van der Waals surface area contributed by atoms with Crippen LogP contribution in [0.25, 0.3) is 6.08 Å². The number of allylic oxidation sites excluding steroid dienone is 1. The van der Waals surface area contributed by atoms with Crippen LogP contribution in [0, 0.1) is 5.82 Å². The Morgan fingerprint density at radius 1 is 1.20 bits per heavy atom. The molecule has 3 rings (SSSR count). The number of rotatable bonds is 2. The average molecular weight is 311 g/mol. The third-order valence-electron chi connectivity index (χ3n) is 2.94. The molecule has 0 amide bonds. The van der Waals surface area contributed by atoms with Crippen molar-refractivity contribution in [2.24, 2.45) is 0 Å². The molecule has 0 saturated carbocycles. The van der Waals surface area contributed by atoms with Gasteiger partial charge in [-0.15, -0.1) is 0 Å². The first kappa shape index (κ1) is 13.3. The Morgan fingerprint density at radius 3 is 2.60 bits per heavy atom. The van der Waals surface area contributed by atoms with E-state index in [1.807, 2.05) is 19.1 Å². The van der Waals surface area contributed by atoms with E-state index in [2.05, 4.69) is 9.97 Å². The van der Waals surface area contributed by atoms with E-state index in [9.17, 15) is 4.39 Å². The van der Waals surface area contributed by atoms with Crippen molar-refractivity contribution in [3.05, 3.63) is 51.0 Å². The molecule has 1 aromatic carbocycles. The molecule has 2 aromatic rings. The number of hydrogen-bond acceptors (Lipinski definition) is 3. The number of halogens is 3. The molecule has 1 aliphatic rings. The van der Waals surface area contributed by atoms with Gasteiger partial charge in [-0.1, -0.05) is 40.9 Å². The molecule has 0 aliphatic heterocycles. The van der Waals surface area contributed by atoms with Crippen LogP contribution in [-0.4, -0.2) is 9.97 Å². The zero-order valence-electron chi connectivity index (χ0n) is 10.5. The predicted molar refractivity (Wildman–Crippen MR) is 75.9 cm³/mol. The van der Waals surface area contributed by atoms with Gasteiger partial charge in [-0.2, -0.15) is 9.97 Å². The number of ether oxygens (including phenoxy) is 1. The van der Waals surface area contributed by atoms with Crippen molar-refractivity contribution >= 4 is 29.3 Å². The highest BCUT2D eigenvalue weighted by Gasteiger charge is 2.18. The molecule has 102 valence electrons. The molecule has 1 aliphatic carbocycles. The zero-order valence-corrected chi connectivity index (χ0v) is 12.0. The zero-order chi connectivity index (χ0) is 14.3. The molecule has 0 radical (unpaired) electrons. The summed E-state index contributed by atoms with van der Waals surface area (Å²) in [7, 11) is 0. The lowest BCUT2D eigenvalue weighted by Crippen LogP contribution is -1.97. The largest absolute Gasteiger partial charge is 0.421 e. The molecule has 0 unspecified atom stereocenters. The summed E-state index contributed by atoms with van der Waals surface area (Å²) in [6, 6.07) is 4.67. The molecule has 3 nitrogen and oxygen atoms in total. The fourth-order valence-corrected chi connectivity index (χ4v) is 2.52. The average Bonchev–Trinajstić information content (AvgIpc) is 2.73. The Balaban J connectivity index is 1.98. The number of fused-ring (bicyclic) bond motifs is 1. The molecule has 0 spiro atoms. The van der Waals surface area contributed by atoms with Gasteiger partial charge in [0.15, 0.2) is 11.6 Å². The number of aromatic nitrogens is 2. The van der Waals surface area contributed by atoms with Crippen molar-refractivity contribution in [1.29, 1.82) is 0 Å². The van der Waals surface area contributed by atoms with Gasteiger partial charge in [0, 0.05) is 11.6 Å². The second-order valence-corrected chi connectivity index (χ2v) is 5.29. The Kier molecular flexibility index (Phi) is 3.36. The van der Waals surface area contributed by atoms with E-state index in [0.29, 0.717) is 5.56 Å². The van der Waals surface area contributed by atoms with Crippen LogP contribution in [0.5, 0.6) is 11.8 Å². The van der Waals surface area contributed by atoms with Crippen LogP contribution in [0.4, 0.5) is 4.39 Å². The van der Waals surface area contributed by atoms with E-state index in [-0.39, 0.29) is 22.1 Å². The summed E-state index contributed by atoms with van der Waals surface area (Å²) < 4.78 is 19.7. The SMILES string of the molecule is CC1=Cc2c(ccc(Oc3nc(Cl)cc(Cl)n3)c2F)C1. The van der Waals surface area contributed by atoms with Gasteiger partial charge in [-0.05, 0) is 25.0 Å². The number of hydrogen-bond donors (Lipinski definition) is 0. The minimum atomic E-state index is -0.431. The van der Waals surface area contributed by atoms with Gasteiger partial charge in [-0.25, -0.2) is 4.39 Å². The Labute approximate surface area is 125 Å². The smallest absolute Gasteiger partial charge is 0.324 e. The van der Waals surface area contributed by atoms with Gasteiger partial charge >= 0.3 is 6.01 Å². The van der Waals surface area contributed by atoms with E-state index in [4.69, 9.17) is 27.9 Å². The summed E-state index contributed by atoms with van der Waals surface area (Å²) >= 11 is 11.5. The highest BCUT2D eigenvalue weighted by molar-refractivity contribution is 6.33. The monoisotopic (exact) mass is 310 g/mol. The van der Waals surface area contributed by atoms with Crippen molar-refractivity contribution in [2.45, 2.75) is 13.3 Å². The van der Waals surface area contributed by atoms with Gasteiger partial charge in [0.05, 0.1) is 0 Å². The van der Waals surface area contributed by atoms with Crippen LogP contribution in [0.15, 0.2) is 23.8 Å². The van der Waals surface area contributed by atoms with Crippen LogP contribution in [-0.2, 0) is 6.42 Å². The molecule has 0 bridgehead atoms. The van der Waals surface area contributed by atoms with Crippen LogP contribution >= 0.6 is 23.2 Å². The summed E-state index contributed by atoms with van der Waals surface area (Å²) in [6.07, 6.45) is 2.56. The molecular weight excluding hydrogens is 302 g/mol. The van der Waals surface area contributed by atoms with Gasteiger partial charge in [-0.3, -0.25) is 0 Å². The first-order valence-corrected chi connectivity index (χ1v) is 6.65. The normalized spacial score (nSPS) is 13.1. The number of nitrogens with zero attached hydrogens (tertiary/aromatic N) is 2. The summed E-state index contributed by atoms with van der Waals surface area (Å²) in [5.41, 5.74) is 2.60. The lowest BCUT2D eigenvalue weighted by atomic mass is 10.1. The van der Waals surface area contributed by atoms with E-state index in [1.54, 1.807) is 6.07 Å². The molecule has 0 saturated heterocycles.